The Balaban J connectivity index is 3.04. The van der Waals surface area contributed by atoms with Gasteiger partial charge in [0, 0.05) is 13.2 Å². The molecule has 0 aliphatic carbocycles. The van der Waals surface area contributed by atoms with Gasteiger partial charge in [-0.3, -0.25) is 0 Å². The van der Waals surface area contributed by atoms with E-state index < -0.39 is 0 Å². The number of rotatable bonds is 10. The molecule has 2 N–H and O–H groups in total. The summed E-state index contributed by atoms with van der Waals surface area (Å²) in [6, 6.07) is 0. The topological polar surface area (TPSA) is 35.2 Å². The van der Waals surface area contributed by atoms with Crippen molar-refractivity contribution in [3.05, 3.63) is 0 Å². The van der Waals surface area contributed by atoms with Crippen molar-refractivity contribution in [1.29, 1.82) is 0 Å². The lowest BCUT2D eigenvalue weighted by Crippen LogP contribution is -2.23. The molecule has 86 valence electrons. The SMILES string of the molecule is CCCCCCCCOC(CC)CN. The average Bonchev–Trinajstić information content (AvgIpc) is 2.22. The summed E-state index contributed by atoms with van der Waals surface area (Å²) in [5, 5.41) is 0. The van der Waals surface area contributed by atoms with Gasteiger partial charge in [0.1, 0.15) is 0 Å². The van der Waals surface area contributed by atoms with Crippen LogP contribution in [0.2, 0.25) is 0 Å². The molecule has 0 heterocycles. The second-order valence-corrected chi connectivity index (χ2v) is 3.90. The lowest BCUT2D eigenvalue weighted by Gasteiger charge is -2.13. The van der Waals surface area contributed by atoms with E-state index in [2.05, 4.69) is 13.8 Å². The zero-order chi connectivity index (χ0) is 10.6. The van der Waals surface area contributed by atoms with Crippen LogP contribution in [0.25, 0.3) is 0 Å². The van der Waals surface area contributed by atoms with E-state index in [1.54, 1.807) is 0 Å². The maximum atomic E-state index is 5.62. The molecule has 0 saturated carbocycles. The number of hydrogen-bond donors (Lipinski definition) is 1. The van der Waals surface area contributed by atoms with Crippen molar-refractivity contribution in [2.45, 2.75) is 64.9 Å². The summed E-state index contributed by atoms with van der Waals surface area (Å²) >= 11 is 0. The smallest absolute Gasteiger partial charge is 0.0694 e. The summed E-state index contributed by atoms with van der Waals surface area (Å²) in [5.41, 5.74) is 5.54. The highest BCUT2D eigenvalue weighted by molar-refractivity contribution is 4.54. The summed E-state index contributed by atoms with van der Waals surface area (Å²) in [6.07, 6.45) is 9.25. The van der Waals surface area contributed by atoms with Gasteiger partial charge in [-0.1, -0.05) is 46.0 Å². The Morgan fingerprint density at radius 2 is 1.64 bits per heavy atom. The first-order chi connectivity index (χ1) is 6.85. The Morgan fingerprint density at radius 3 is 2.21 bits per heavy atom. The van der Waals surface area contributed by atoms with Crippen LogP contribution < -0.4 is 5.73 Å². The van der Waals surface area contributed by atoms with Gasteiger partial charge < -0.3 is 10.5 Å². The fraction of sp³-hybridized carbons (Fsp3) is 1.00. The van der Waals surface area contributed by atoms with Crippen molar-refractivity contribution in [3.8, 4) is 0 Å². The molecule has 0 aliphatic rings. The first-order valence-corrected chi connectivity index (χ1v) is 6.16. The fourth-order valence-corrected chi connectivity index (χ4v) is 1.48. The summed E-state index contributed by atoms with van der Waals surface area (Å²) in [4.78, 5) is 0. The quantitative estimate of drug-likeness (QED) is 0.551. The highest BCUT2D eigenvalue weighted by Crippen LogP contribution is 2.06. The van der Waals surface area contributed by atoms with Gasteiger partial charge in [0.25, 0.3) is 0 Å². The highest BCUT2D eigenvalue weighted by atomic mass is 16.5. The molecule has 0 bridgehead atoms. The van der Waals surface area contributed by atoms with Crippen molar-refractivity contribution in [1.82, 2.24) is 0 Å². The summed E-state index contributed by atoms with van der Waals surface area (Å²) in [5.74, 6) is 0. The fourth-order valence-electron chi connectivity index (χ4n) is 1.48. The first kappa shape index (κ1) is 13.9. The Hall–Kier alpha value is -0.0800. The van der Waals surface area contributed by atoms with Gasteiger partial charge in [-0.15, -0.1) is 0 Å². The van der Waals surface area contributed by atoms with Crippen LogP contribution in [0, 0.1) is 0 Å². The summed E-state index contributed by atoms with van der Waals surface area (Å²) in [6.45, 7) is 5.92. The highest BCUT2D eigenvalue weighted by Gasteiger charge is 2.01. The minimum absolute atomic E-state index is 0.283. The Morgan fingerprint density at radius 1 is 1.00 bits per heavy atom. The molecule has 1 unspecified atom stereocenters. The van der Waals surface area contributed by atoms with Crippen LogP contribution in [0.3, 0.4) is 0 Å². The Bertz CT molecular complexity index is 102. The number of ether oxygens (including phenoxy) is 1. The Kier molecular flexibility index (Phi) is 10.9. The van der Waals surface area contributed by atoms with Crippen LogP contribution in [-0.2, 0) is 4.74 Å². The van der Waals surface area contributed by atoms with E-state index in [4.69, 9.17) is 10.5 Å². The number of unbranched alkanes of at least 4 members (excludes halogenated alkanes) is 5. The molecule has 0 amide bonds. The maximum Gasteiger partial charge on any atom is 0.0694 e. The number of nitrogens with two attached hydrogens (primary N) is 1. The predicted molar refractivity (Wildman–Crippen MR) is 62.5 cm³/mol. The van der Waals surface area contributed by atoms with E-state index >= 15 is 0 Å². The molecule has 0 aliphatic heterocycles. The molecule has 0 rings (SSSR count). The van der Waals surface area contributed by atoms with Gasteiger partial charge in [-0.05, 0) is 12.8 Å². The van der Waals surface area contributed by atoms with Crippen molar-refractivity contribution in [3.63, 3.8) is 0 Å². The van der Waals surface area contributed by atoms with Gasteiger partial charge in [0.05, 0.1) is 6.10 Å². The molecule has 0 saturated heterocycles. The average molecular weight is 201 g/mol. The van der Waals surface area contributed by atoms with E-state index in [-0.39, 0.29) is 6.10 Å². The van der Waals surface area contributed by atoms with Gasteiger partial charge in [-0.2, -0.15) is 0 Å². The van der Waals surface area contributed by atoms with Crippen molar-refractivity contribution < 1.29 is 4.74 Å². The predicted octanol–water partition coefficient (Wildman–Crippen LogP) is 3.10. The maximum absolute atomic E-state index is 5.62. The monoisotopic (exact) mass is 201 g/mol. The molecule has 14 heavy (non-hydrogen) atoms. The van der Waals surface area contributed by atoms with Crippen LogP contribution in [0.5, 0.6) is 0 Å². The zero-order valence-corrected chi connectivity index (χ0v) is 9.93. The Labute approximate surface area is 89.2 Å². The standard InChI is InChI=1S/C12H27NO/c1-3-5-6-7-8-9-10-14-12(4-2)11-13/h12H,3-11,13H2,1-2H3. The molecule has 1 atom stereocenters. The summed E-state index contributed by atoms with van der Waals surface area (Å²) in [7, 11) is 0. The molecule has 0 aromatic carbocycles. The van der Waals surface area contributed by atoms with Crippen LogP contribution in [0.15, 0.2) is 0 Å². The molecule has 0 fully saturated rings. The van der Waals surface area contributed by atoms with Crippen molar-refractivity contribution >= 4 is 0 Å². The molecule has 0 radical (unpaired) electrons. The van der Waals surface area contributed by atoms with Crippen LogP contribution in [0.4, 0.5) is 0 Å². The van der Waals surface area contributed by atoms with Crippen molar-refractivity contribution in [2.24, 2.45) is 5.73 Å². The van der Waals surface area contributed by atoms with Gasteiger partial charge in [0.2, 0.25) is 0 Å². The van der Waals surface area contributed by atoms with E-state index in [9.17, 15) is 0 Å². The third-order valence-corrected chi connectivity index (χ3v) is 2.57. The molecular weight excluding hydrogens is 174 g/mol. The largest absolute Gasteiger partial charge is 0.377 e. The molecule has 0 spiro atoms. The van der Waals surface area contributed by atoms with E-state index in [0.717, 1.165) is 13.0 Å². The zero-order valence-electron chi connectivity index (χ0n) is 9.93. The minimum atomic E-state index is 0.283. The lowest BCUT2D eigenvalue weighted by atomic mass is 10.1. The molecule has 2 nitrogen and oxygen atoms in total. The van der Waals surface area contributed by atoms with E-state index in [0.29, 0.717) is 6.54 Å². The normalized spacial score (nSPS) is 13.1. The van der Waals surface area contributed by atoms with Gasteiger partial charge >= 0.3 is 0 Å². The second kappa shape index (κ2) is 11.0. The lowest BCUT2D eigenvalue weighted by molar-refractivity contribution is 0.0539. The molecule has 0 aromatic rings. The molecule has 0 aromatic heterocycles. The number of hydrogen-bond acceptors (Lipinski definition) is 2. The summed E-state index contributed by atoms with van der Waals surface area (Å²) < 4.78 is 5.62. The van der Waals surface area contributed by atoms with Crippen LogP contribution in [-0.4, -0.2) is 19.3 Å². The third-order valence-electron chi connectivity index (χ3n) is 2.57. The van der Waals surface area contributed by atoms with E-state index in [1.807, 2.05) is 0 Å². The van der Waals surface area contributed by atoms with Crippen LogP contribution >= 0.6 is 0 Å². The third kappa shape index (κ3) is 8.52. The minimum Gasteiger partial charge on any atom is -0.377 e. The van der Waals surface area contributed by atoms with Gasteiger partial charge in [-0.25, -0.2) is 0 Å². The van der Waals surface area contributed by atoms with Gasteiger partial charge in [0.15, 0.2) is 0 Å². The second-order valence-electron chi connectivity index (χ2n) is 3.90. The first-order valence-electron chi connectivity index (χ1n) is 6.16. The molecular formula is C12H27NO. The van der Waals surface area contributed by atoms with E-state index in [1.165, 1.54) is 38.5 Å². The van der Waals surface area contributed by atoms with Crippen LogP contribution in [0.1, 0.15) is 58.8 Å². The molecule has 2 heteroatoms. The van der Waals surface area contributed by atoms with Crippen molar-refractivity contribution in [2.75, 3.05) is 13.2 Å².